The Bertz CT molecular complexity index is 1380. The summed E-state index contributed by atoms with van der Waals surface area (Å²) < 4.78 is 1.20. The van der Waals surface area contributed by atoms with Crippen LogP contribution in [0.1, 0.15) is 11.1 Å². The van der Waals surface area contributed by atoms with Crippen LogP contribution >= 0.6 is 22.6 Å². The van der Waals surface area contributed by atoms with Crippen molar-refractivity contribution >= 4 is 46.4 Å². The summed E-state index contributed by atoms with van der Waals surface area (Å²) in [6, 6.07) is 43.4. The van der Waals surface area contributed by atoms with Crippen LogP contribution in [-0.4, -0.2) is 12.4 Å². The van der Waals surface area contributed by atoms with E-state index in [2.05, 4.69) is 89.3 Å². The third kappa shape index (κ3) is 5.47. The molecule has 0 spiro atoms. The van der Waals surface area contributed by atoms with Gasteiger partial charge in [0, 0.05) is 27.1 Å². The minimum atomic E-state index is 0.942. The first-order chi connectivity index (χ1) is 17.3. The van der Waals surface area contributed by atoms with Crippen LogP contribution in [0.5, 0.6) is 0 Å². The molecule has 5 rings (SSSR count). The molecule has 0 unspecified atom stereocenters. The van der Waals surface area contributed by atoms with Gasteiger partial charge in [0.25, 0.3) is 0 Å². The fraction of sp³-hybridized carbons (Fsp3) is 0. The van der Waals surface area contributed by atoms with Gasteiger partial charge in [0.15, 0.2) is 0 Å². The van der Waals surface area contributed by atoms with Gasteiger partial charge in [-0.3, -0.25) is 9.98 Å². The highest BCUT2D eigenvalue weighted by Crippen LogP contribution is 2.36. The van der Waals surface area contributed by atoms with Crippen molar-refractivity contribution in [2.45, 2.75) is 0 Å². The SMILES string of the molecule is Ic1c(-c2ccccc2C=Nc2ccccc2)cccc1-c1ccccc1C=Nc1ccccc1. The molecule has 0 aromatic heterocycles. The summed E-state index contributed by atoms with van der Waals surface area (Å²) in [5, 5.41) is 0. The lowest BCUT2D eigenvalue weighted by molar-refractivity contribution is 1.50. The van der Waals surface area contributed by atoms with Crippen molar-refractivity contribution in [1.29, 1.82) is 0 Å². The van der Waals surface area contributed by atoms with E-state index in [-0.39, 0.29) is 0 Å². The minimum absolute atomic E-state index is 0.942. The first kappa shape index (κ1) is 22.9. The molecule has 0 radical (unpaired) electrons. The second-order valence-electron chi connectivity index (χ2n) is 8.03. The highest BCUT2D eigenvalue weighted by molar-refractivity contribution is 14.1. The van der Waals surface area contributed by atoms with E-state index in [1.807, 2.05) is 73.1 Å². The van der Waals surface area contributed by atoms with E-state index >= 15 is 0 Å². The number of para-hydroxylation sites is 2. The van der Waals surface area contributed by atoms with Gasteiger partial charge in [0.05, 0.1) is 11.4 Å². The van der Waals surface area contributed by atoms with E-state index in [0.29, 0.717) is 0 Å². The molecule has 0 aliphatic heterocycles. The molecule has 0 aliphatic carbocycles. The summed E-state index contributed by atoms with van der Waals surface area (Å²) in [5.41, 5.74) is 8.76. The molecule has 3 heteroatoms. The molecule has 2 nitrogen and oxygen atoms in total. The van der Waals surface area contributed by atoms with Crippen LogP contribution in [0.25, 0.3) is 22.3 Å². The zero-order chi connectivity index (χ0) is 23.9. The summed E-state index contributed by atoms with van der Waals surface area (Å²) in [5.74, 6) is 0. The molecule has 0 N–H and O–H groups in total. The number of benzene rings is 5. The highest BCUT2D eigenvalue weighted by Gasteiger charge is 2.13. The lowest BCUT2D eigenvalue weighted by Crippen LogP contribution is -1.95. The molecule has 0 heterocycles. The van der Waals surface area contributed by atoms with E-state index in [1.165, 1.54) is 14.7 Å². The first-order valence-electron chi connectivity index (χ1n) is 11.5. The quantitative estimate of drug-likeness (QED) is 0.146. The maximum absolute atomic E-state index is 4.70. The molecular formula is C32H23IN2. The molecule has 0 atom stereocenters. The Morgan fingerprint density at radius 2 is 0.771 bits per heavy atom. The van der Waals surface area contributed by atoms with Gasteiger partial charge in [-0.25, -0.2) is 0 Å². The van der Waals surface area contributed by atoms with Gasteiger partial charge in [-0.2, -0.15) is 0 Å². The standard InChI is InChI=1S/C32H23IN2/c33-32-30(28-18-9-7-12-24(28)22-34-26-14-3-1-4-15-26)20-11-21-31(32)29-19-10-8-13-25(29)23-35-27-16-5-2-6-17-27/h1-23H. The van der Waals surface area contributed by atoms with Crippen molar-refractivity contribution < 1.29 is 0 Å². The van der Waals surface area contributed by atoms with Crippen molar-refractivity contribution in [1.82, 2.24) is 0 Å². The van der Waals surface area contributed by atoms with Crippen molar-refractivity contribution in [3.63, 3.8) is 0 Å². The predicted octanol–water partition coefficient (Wildman–Crippen LogP) is 9.13. The highest BCUT2D eigenvalue weighted by atomic mass is 127. The van der Waals surface area contributed by atoms with Gasteiger partial charge in [0.2, 0.25) is 0 Å². The minimum Gasteiger partial charge on any atom is -0.256 e. The molecule has 0 aliphatic rings. The second-order valence-corrected chi connectivity index (χ2v) is 9.11. The van der Waals surface area contributed by atoms with Gasteiger partial charge in [-0.05, 0) is 69.1 Å². The van der Waals surface area contributed by atoms with E-state index in [4.69, 9.17) is 9.98 Å². The van der Waals surface area contributed by atoms with Crippen molar-refractivity contribution in [2.24, 2.45) is 9.98 Å². The van der Waals surface area contributed by atoms with E-state index < -0.39 is 0 Å². The second kappa shape index (κ2) is 11.1. The van der Waals surface area contributed by atoms with Gasteiger partial charge in [-0.15, -0.1) is 0 Å². The van der Waals surface area contributed by atoms with Crippen molar-refractivity contribution in [3.05, 3.63) is 142 Å². The Morgan fingerprint density at radius 3 is 1.23 bits per heavy atom. The molecule has 0 fully saturated rings. The molecule has 35 heavy (non-hydrogen) atoms. The van der Waals surface area contributed by atoms with Crippen LogP contribution in [0.4, 0.5) is 11.4 Å². The summed E-state index contributed by atoms with van der Waals surface area (Å²) in [4.78, 5) is 9.39. The maximum Gasteiger partial charge on any atom is 0.0629 e. The Labute approximate surface area is 219 Å². The zero-order valence-corrected chi connectivity index (χ0v) is 21.2. The van der Waals surface area contributed by atoms with Crippen LogP contribution in [0, 0.1) is 3.57 Å². The number of nitrogens with zero attached hydrogens (tertiary/aromatic N) is 2. The summed E-state index contributed by atoms with van der Waals surface area (Å²) in [6.45, 7) is 0. The van der Waals surface area contributed by atoms with Crippen LogP contribution in [-0.2, 0) is 0 Å². The molecule has 0 saturated carbocycles. The Balaban J connectivity index is 1.54. The molecule has 5 aromatic carbocycles. The number of rotatable bonds is 6. The smallest absolute Gasteiger partial charge is 0.0629 e. The average molecular weight is 562 g/mol. The third-order valence-corrected chi connectivity index (χ3v) is 6.88. The Hall–Kier alpha value is -3.83. The van der Waals surface area contributed by atoms with Gasteiger partial charge < -0.3 is 0 Å². The maximum atomic E-state index is 4.70. The monoisotopic (exact) mass is 562 g/mol. The lowest BCUT2D eigenvalue weighted by Gasteiger charge is -2.14. The van der Waals surface area contributed by atoms with Crippen LogP contribution < -0.4 is 0 Å². The van der Waals surface area contributed by atoms with Crippen LogP contribution in [0.2, 0.25) is 0 Å². The molecule has 5 aromatic rings. The van der Waals surface area contributed by atoms with Gasteiger partial charge in [0.1, 0.15) is 0 Å². The summed E-state index contributed by atoms with van der Waals surface area (Å²) >= 11 is 2.47. The van der Waals surface area contributed by atoms with Crippen molar-refractivity contribution in [3.8, 4) is 22.3 Å². The molecular weight excluding hydrogens is 539 g/mol. The fourth-order valence-corrected chi connectivity index (χ4v) is 4.91. The van der Waals surface area contributed by atoms with Crippen LogP contribution in [0.3, 0.4) is 0 Å². The number of aliphatic imine (C=N–C) groups is 2. The normalized spacial score (nSPS) is 11.3. The van der Waals surface area contributed by atoms with E-state index in [9.17, 15) is 0 Å². The van der Waals surface area contributed by atoms with Crippen molar-refractivity contribution in [2.75, 3.05) is 0 Å². The Kier molecular flexibility index (Phi) is 7.25. The summed E-state index contributed by atoms with van der Waals surface area (Å²) in [6.07, 6.45) is 3.90. The molecule has 0 amide bonds. The Morgan fingerprint density at radius 1 is 0.400 bits per heavy atom. The molecule has 168 valence electrons. The third-order valence-electron chi connectivity index (χ3n) is 5.72. The number of hydrogen-bond donors (Lipinski definition) is 0. The fourth-order valence-electron chi connectivity index (χ4n) is 3.97. The largest absolute Gasteiger partial charge is 0.256 e. The topological polar surface area (TPSA) is 24.7 Å². The first-order valence-corrected chi connectivity index (χ1v) is 12.5. The molecule has 0 saturated heterocycles. The summed E-state index contributed by atoms with van der Waals surface area (Å²) in [7, 11) is 0. The van der Waals surface area contributed by atoms with E-state index in [1.54, 1.807) is 0 Å². The average Bonchev–Trinajstić information content (AvgIpc) is 2.93. The number of halogens is 1. The van der Waals surface area contributed by atoms with E-state index in [0.717, 1.165) is 33.6 Å². The predicted molar refractivity (Wildman–Crippen MR) is 157 cm³/mol. The zero-order valence-electron chi connectivity index (χ0n) is 19.1. The molecule has 0 bridgehead atoms. The van der Waals surface area contributed by atoms with Gasteiger partial charge >= 0.3 is 0 Å². The van der Waals surface area contributed by atoms with Gasteiger partial charge in [-0.1, -0.05) is 103 Å². The lowest BCUT2D eigenvalue weighted by atomic mass is 9.94. The van der Waals surface area contributed by atoms with Crippen LogP contribution in [0.15, 0.2) is 137 Å². The number of hydrogen-bond acceptors (Lipinski definition) is 2.